The second-order valence-electron chi connectivity index (χ2n) is 4.87. The smallest absolute Gasteiger partial charge is 0.416 e. The van der Waals surface area contributed by atoms with Crippen molar-refractivity contribution >= 4 is 16.7 Å². The van der Waals surface area contributed by atoms with E-state index in [9.17, 15) is 17.4 Å². The minimum Gasteiger partial charge on any atom is -0.496 e. The van der Waals surface area contributed by atoms with Crippen LogP contribution in [0.25, 0.3) is 0 Å². The van der Waals surface area contributed by atoms with Gasteiger partial charge in [0.05, 0.1) is 19.8 Å². The van der Waals surface area contributed by atoms with Crippen LogP contribution >= 0.6 is 0 Å². The van der Waals surface area contributed by atoms with E-state index in [2.05, 4.69) is 4.72 Å². The van der Waals surface area contributed by atoms with Gasteiger partial charge in [0.2, 0.25) is 0 Å². The Labute approximate surface area is 140 Å². The third kappa shape index (κ3) is 3.81. The van der Waals surface area contributed by atoms with Gasteiger partial charge in [-0.05, 0) is 37.3 Å². The van der Waals surface area contributed by atoms with Gasteiger partial charge in [0.1, 0.15) is 16.4 Å². The summed E-state index contributed by atoms with van der Waals surface area (Å²) < 4.78 is 63.7. The van der Waals surface area contributed by atoms with Crippen LogP contribution in [0, 0.1) is 6.92 Å². The zero-order chi connectivity index (χ0) is 17.9. The number of methoxy groups -OCH3 is 2. The van der Waals surface area contributed by atoms with Crippen LogP contribution in [0.4, 0.5) is 18.9 Å². The molecule has 8 heteroatoms. The Hall–Kier alpha value is -2.22. The quantitative estimate of drug-likeness (QED) is 0.872. The number of halogens is 3. The minimum atomic E-state index is -4.46. The van der Waals surface area contributed by atoms with Gasteiger partial charge in [0.15, 0.2) is 11.0 Å². The summed E-state index contributed by atoms with van der Waals surface area (Å²) in [6.07, 6.45) is -4.46. The Bertz CT molecular complexity index is 763. The molecular weight excluding hydrogens is 343 g/mol. The van der Waals surface area contributed by atoms with Crippen molar-refractivity contribution in [1.82, 2.24) is 0 Å². The van der Waals surface area contributed by atoms with Crippen molar-refractivity contribution < 1.29 is 26.9 Å². The highest BCUT2D eigenvalue weighted by molar-refractivity contribution is 7.86. The molecule has 130 valence electrons. The number of benzene rings is 2. The van der Waals surface area contributed by atoms with E-state index in [-0.39, 0.29) is 5.69 Å². The standard InChI is InChI=1S/C16H16F3NO3S/c1-10-13(22-2)7-8-14(15(10)23-3)24(21)20-12-6-4-5-11(9-12)16(17,18)19/h4-9,20H,1-3H3. The highest BCUT2D eigenvalue weighted by Gasteiger charge is 2.30. The number of hydrogen-bond donors (Lipinski definition) is 1. The molecule has 0 heterocycles. The van der Waals surface area contributed by atoms with Gasteiger partial charge in [-0.1, -0.05) is 6.07 Å². The monoisotopic (exact) mass is 359 g/mol. The van der Waals surface area contributed by atoms with E-state index in [1.54, 1.807) is 19.1 Å². The van der Waals surface area contributed by atoms with Crippen molar-refractivity contribution in [3.63, 3.8) is 0 Å². The molecule has 0 aromatic heterocycles. The number of hydrogen-bond acceptors (Lipinski definition) is 3. The van der Waals surface area contributed by atoms with Crippen LogP contribution < -0.4 is 14.2 Å². The lowest BCUT2D eigenvalue weighted by atomic mass is 10.2. The minimum absolute atomic E-state index is 0.0960. The Kier molecular flexibility index (Phi) is 5.38. The van der Waals surface area contributed by atoms with Crippen LogP contribution in [0.2, 0.25) is 0 Å². The third-order valence-electron chi connectivity index (χ3n) is 3.34. The lowest BCUT2D eigenvalue weighted by molar-refractivity contribution is -0.137. The van der Waals surface area contributed by atoms with Gasteiger partial charge >= 0.3 is 6.18 Å². The van der Waals surface area contributed by atoms with Gasteiger partial charge < -0.3 is 14.2 Å². The fourth-order valence-electron chi connectivity index (χ4n) is 2.19. The maximum Gasteiger partial charge on any atom is 0.416 e. The summed E-state index contributed by atoms with van der Waals surface area (Å²) in [6, 6.07) is 7.68. The molecule has 4 nitrogen and oxygen atoms in total. The summed E-state index contributed by atoms with van der Waals surface area (Å²) in [4.78, 5) is 0.313. The van der Waals surface area contributed by atoms with Crippen LogP contribution in [-0.4, -0.2) is 18.4 Å². The predicted molar refractivity (Wildman–Crippen MR) is 85.8 cm³/mol. The van der Waals surface area contributed by atoms with Gasteiger partial charge in [0.25, 0.3) is 0 Å². The highest BCUT2D eigenvalue weighted by atomic mass is 32.2. The van der Waals surface area contributed by atoms with E-state index in [1.165, 1.54) is 26.4 Å². The summed E-state index contributed by atoms with van der Waals surface area (Å²) in [6.45, 7) is 1.74. The SMILES string of the molecule is COc1ccc(S(=O)Nc2cccc(C(F)(F)F)c2)c(OC)c1C. The average molecular weight is 359 g/mol. The lowest BCUT2D eigenvalue weighted by Gasteiger charge is -2.15. The first-order chi connectivity index (χ1) is 11.3. The molecule has 0 amide bonds. The number of nitrogens with one attached hydrogen (secondary N) is 1. The molecule has 0 radical (unpaired) electrons. The molecule has 0 aliphatic carbocycles. The Balaban J connectivity index is 2.33. The molecule has 1 unspecified atom stereocenters. The summed E-state index contributed by atoms with van der Waals surface area (Å²) in [5.74, 6) is 0.916. The molecule has 0 spiro atoms. The van der Waals surface area contributed by atoms with Crippen molar-refractivity contribution in [3.8, 4) is 11.5 Å². The van der Waals surface area contributed by atoms with E-state index in [1.807, 2.05) is 0 Å². The number of rotatable bonds is 5. The molecule has 0 bridgehead atoms. The molecule has 0 saturated carbocycles. The van der Waals surface area contributed by atoms with Crippen LogP contribution in [0.3, 0.4) is 0 Å². The zero-order valence-electron chi connectivity index (χ0n) is 13.2. The zero-order valence-corrected chi connectivity index (χ0v) is 14.0. The fourth-order valence-corrected chi connectivity index (χ4v) is 3.24. The summed E-state index contributed by atoms with van der Waals surface area (Å²) in [7, 11) is 1.12. The largest absolute Gasteiger partial charge is 0.496 e. The number of anilines is 1. The number of ether oxygens (including phenoxy) is 2. The van der Waals surface area contributed by atoms with Crippen LogP contribution in [0.15, 0.2) is 41.3 Å². The van der Waals surface area contributed by atoms with Crippen molar-refractivity contribution in [2.75, 3.05) is 18.9 Å². The van der Waals surface area contributed by atoms with E-state index in [0.717, 1.165) is 12.1 Å². The Morgan fingerprint density at radius 1 is 1.08 bits per heavy atom. The Morgan fingerprint density at radius 3 is 2.38 bits per heavy atom. The first-order valence-electron chi connectivity index (χ1n) is 6.85. The Morgan fingerprint density at radius 2 is 1.79 bits per heavy atom. The maximum atomic E-state index is 12.7. The molecule has 0 fully saturated rings. The average Bonchev–Trinajstić information content (AvgIpc) is 2.53. The molecular formula is C16H16F3NO3S. The van der Waals surface area contributed by atoms with Crippen LogP contribution in [0.5, 0.6) is 11.5 Å². The van der Waals surface area contributed by atoms with Gasteiger partial charge in [-0.2, -0.15) is 13.2 Å². The summed E-state index contributed by atoms with van der Waals surface area (Å²) >= 11 is 0. The van der Waals surface area contributed by atoms with E-state index < -0.39 is 22.7 Å². The lowest BCUT2D eigenvalue weighted by Crippen LogP contribution is -2.09. The summed E-state index contributed by atoms with van der Waals surface area (Å²) in [5, 5.41) is 0. The van der Waals surface area contributed by atoms with Crippen molar-refractivity contribution in [2.45, 2.75) is 18.0 Å². The van der Waals surface area contributed by atoms with Gasteiger partial charge in [-0.15, -0.1) is 0 Å². The summed E-state index contributed by atoms with van der Waals surface area (Å²) in [5.41, 5.74) is -0.0715. The van der Waals surface area contributed by atoms with Gasteiger partial charge in [-0.3, -0.25) is 0 Å². The molecule has 24 heavy (non-hydrogen) atoms. The molecule has 1 N–H and O–H groups in total. The van der Waals surface area contributed by atoms with Crippen LogP contribution in [-0.2, 0) is 17.2 Å². The van der Waals surface area contributed by atoms with E-state index >= 15 is 0 Å². The molecule has 2 aromatic carbocycles. The number of alkyl halides is 3. The fraction of sp³-hybridized carbons (Fsp3) is 0.250. The van der Waals surface area contributed by atoms with Gasteiger partial charge in [0, 0.05) is 11.3 Å². The predicted octanol–water partition coefficient (Wildman–Crippen LogP) is 4.17. The molecule has 0 saturated heterocycles. The molecule has 0 aliphatic heterocycles. The third-order valence-corrected chi connectivity index (χ3v) is 4.49. The highest BCUT2D eigenvalue weighted by Crippen LogP contribution is 2.34. The first kappa shape index (κ1) is 18.1. The van der Waals surface area contributed by atoms with Crippen molar-refractivity contribution in [2.24, 2.45) is 0 Å². The van der Waals surface area contributed by atoms with E-state index in [0.29, 0.717) is 22.0 Å². The molecule has 1 atom stereocenters. The second-order valence-corrected chi connectivity index (χ2v) is 6.05. The molecule has 2 aromatic rings. The second kappa shape index (κ2) is 7.12. The van der Waals surface area contributed by atoms with Gasteiger partial charge in [-0.25, -0.2) is 4.21 Å². The molecule has 2 rings (SSSR count). The first-order valence-corrected chi connectivity index (χ1v) is 8.00. The normalized spacial score (nSPS) is 12.6. The van der Waals surface area contributed by atoms with Crippen molar-refractivity contribution in [1.29, 1.82) is 0 Å². The van der Waals surface area contributed by atoms with Crippen molar-refractivity contribution in [3.05, 3.63) is 47.5 Å². The van der Waals surface area contributed by atoms with Crippen LogP contribution in [0.1, 0.15) is 11.1 Å². The van der Waals surface area contributed by atoms with E-state index in [4.69, 9.17) is 9.47 Å². The topological polar surface area (TPSA) is 47.6 Å². The molecule has 0 aliphatic rings. The maximum absolute atomic E-state index is 12.7.